The first-order valence-corrected chi connectivity index (χ1v) is 24.7. The Balaban J connectivity index is 0.994. The topological polar surface area (TPSA) is 109 Å². The second-order valence-corrected chi connectivity index (χ2v) is 20.7. The van der Waals surface area contributed by atoms with Gasteiger partial charge in [0.1, 0.15) is 0 Å². The molecule has 0 saturated carbocycles. The SMILES string of the molecule is O=S(=O)(O)c1ccc(CCCc2ccc(Pc3cc(-c4c(Pc5ccc(CCCc6ccc(S(=O)(=O)O)cc6)cc5)ccc5ccccc45)c4ccccc4c3)cc2)cc1. The molecule has 0 aliphatic rings. The van der Waals surface area contributed by atoms with Gasteiger partial charge in [0.15, 0.2) is 0 Å². The summed E-state index contributed by atoms with van der Waals surface area (Å²) >= 11 is 0. The quantitative estimate of drug-likeness (QED) is 0.0785. The number of hydrogen-bond acceptors (Lipinski definition) is 4. The lowest BCUT2D eigenvalue weighted by Crippen LogP contribution is -2.10. The Kier molecular flexibility index (Phi) is 12.7. The predicted molar refractivity (Wildman–Crippen MR) is 252 cm³/mol. The molecule has 2 atom stereocenters. The van der Waals surface area contributed by atoms with E-state index in [1.807, 2.05) is 0 Å². The van der Waals surface area contributed by atoms with E-state index >= 15 is 0 Å². The Morgan fingerprint density at radius 2 is 0.833 bits per heavy atom. The van der Waals surface area contributed by atoms with Crippen LogP contribution in [0, 0.1) is 0 Å². The minimum Gasteiger partial charge on any atom is -0.282 e. The van der Waals surface area contributed by atoms with Crippen LogP contribution in [-0.2, 0) is 45.9 Å². The summed E-state index contributed by atoms with van der Waals surface area (Å²) in [7, 11) is -7.43. The molecule has 8 aromatic rings. The maximum absolute atomic E-state index is 11.4. The molecule has 0 saturated heterocycles. The summed E-state index contributed by atoms with van der Waals surface area (Å²) in [6, 6.07) is 57.3. The largest absolute Gasteiger partial charge is 0.294 e. The average molecular weight is 867 g/mol. The molecule has 0 bridgehead atoms. The molecule has 8 rings (SSSR count). The van der Waals surface area contributed by atoms with Crippen LogP contribution in [0.2, 0.25) is 0 Å². The Morgan fingerprint density at radius 1 is 0.400 bits per heavy atom. The number of fused-ring (bicyclic) bond motifs is 2. The molecule has 302 valence electrons. The third-order valence-corrected chi connectivity index (χ3v) is 15.1. The highest BCUT2D eigenvalue weighted by molar-refractivity contribution is 7.86. The maximum atomic E-state index is 11.4. The number of hydrogen-bond donors (Lipinski definition) is 2. The first-order valence-electron chi connectivity index (χ1n) is 19.9. The van der Waals surface area contributed by atoms with E-state index in [1.54, 1.807) is 24.3 Å². The van der Waals surface area contributed by atoms with Crippen molar-refractivity contribution in [3.05, 3.63) is 192 Å². The van der Waals surface area contributed by atoms with Crippen LogP contribution in [0.4, 0.5) is 0 Å². The molecule has 8 aromatic carbocycles. The van der Waals surface area contributed by atoms with Gasteiger partial charge in [-0.3, -0.25) is 9.11 Å². The third-order valence-electron chi connectivity index (χ3n) is 10.8. The van der Waals surface area contributed by atoms with Crippen molar-refractivity contribution >= 4 is 80.2 Å². The first-order chi connectivity index (χ1) is 29.0. The van der Waals surface area contributed by atoms with Crippen LogP contribution in [0.1, 0.15) is 35.1 Å². The number of aryl methyl sites for hydroxylation is 4. The van der Waals surface area contributed by atoms with Gasteiger partial charge in [0.25, 0.3) is 20.2 Å². The highest BCUT2D eigenvalue weighted by Gasteiger charge is 2.16. The maximum Gasteiger partial charge on any atom is 0.294 e. The van der Waals surface area contributed by atoms with Gasteiger partial charge in [-0.15, -0.1) is 0 Å². The van der Waals surface area contributed by atoms with E-state index in [9.17, 15) is 25.9 Å². The summed E-state index contributed by atoms with van der Waals surface area (Å²) < 4.78 is 64.0. The van der Waals surface area contributed by atoms with Gasteiger partial charge >= 0.3 is 0 Å². The second kappa shape index (κ2) is 18.3. The standard InChI is InChI=1S/C50H44O6P2S2/c51-59(52,53)44-28-19-37(20-29-44)9-5-7-35-15-24-41(25-16-35)57-43-33-40-12-2-3-13-46(40)48(34-43)50-47-14-4-1-11-39(47)23-32-49(50)58-42-26-17-36(18-27-42)8-6-10-38-21-30-45(31-22-38)60(54,55)56/h1-4,11-34,57-58H,5-10H2,(H,51,52,53)(H,54,55,56). The van der Waals surface area contributed by atoms with Gasteiger partial charge in [-0.25, -0.2) is 0 Å². The van der Waals surface area contributed by atoms with Crippen LogP contribution >= 0.6 is 17.2 Å². The fourth-order valence-electron chi connectivity index (χ4n) is 7.74. The van der Waals surface area contributed by atoms with Crippen LogP contribution in [0.3, 0.4) is 0 Å². The van der Waals surface area contributed by atoms with Crippen molar-refractivity contribution in [1.82, 2.24) is 0 Å². The van der Waals surface area contributed by atoms with E-state index < -0.39 is 20.2 Å². The Morgan fingerprint density at radius 3 is 1.33 bits per heavy atom. The summed E-state index contributed by atoms with van der Waals surface area (Å²) in [6.07, 6.45) is 5.32. The summed E-state index contributed by atoms with van der Waals surface area (Å²) in [6.45, 7) is 0. The smallest absolute Gasteiger partial charge is 0.282 e. The fourth-order valence-corrected chi connectivity index (χ4v) is 11.0. The second-order valence-electron chi connectivity index (χ2n) is 15.0. The van der Waals surface area contributed by atoms with E-state index in [-0.39, 0.29) is 9.79 Å². The van der Waals surface area contributed by atoms with Gasteiger partial charge in [0.2, 0.25) is 0 Å². The molecule has 0 heterocycles. The normalized spacial score (nSPS) is 12.4. The molecule has 0 spiro atoms. The van der Waals surface area contributed by atoms with E-state index in [0.29, 0.717) is 17.2 Å². The summed E-state index contributed by atoms with van der Waals surface area (Å²) in [5.74, 6) is 0. The third kappa shape index (κ3) is 10.3. The van der Waals surface area contributed by atoms with Gasteiger partial charge in [0, 0.05) is 0 Å². The monoisotopic (exact) mass is 866 g/mol. The molecule has 0 radical (unpaired) electrons. The molecular weight excluding hydrogens is 823 g/mol. The molecule has 0 amide bonds. The minimum atomic E-state index is -4.19. The van der Waals surface area contributed by atoms with Crippen LogP contribution in [-0.4, -0.2) is 25.9 Å². The Bertz CT molecular complexity index is 3010. The molecule has 60 heavy (non-hydrogen) atoms. The lowest BCUT2D eigenvalue weighted by Gasteiger charge is -2.18. The van der Waals surface area contributed by atoms with E-state index in [0.717, 1.165) is 49.7 Å². The average Bonchev–Trinajstić information content (AvgIpc) is 3.24. The highest BCUT2D eigenvalue weighted by Crippen LogP contribution is 2.36. The minimum absolute atomic E-state index is 0.0832. The lowest BCUT2D eigenvalue weighted by molar-refractivity contribution is 0.481. The van der Waals surface area contributed by atoms with Gasteiger partial charge in [-0.05, 0) is 151 Å². The molecule has 0 aromatic heterocycles. The van der Waals surface area contributed by atoms with E-state index in [2.05, 4.69) is 121 Å². The molecule has 2 unspecified atom stereocenters. The van der Waals surface area contributed by atoms with Crippen molar-refractivity contribution in [2.75, 3.05) is 0 Å². The molecule has 0 fully saturated rings. The van der Waals surface area contributed by atoms with Crippen molar-refractivity contribution in [2.24, 2.45) is 0 Å². The van der Waals surface area contributed by atoms with Gasteiger partial charge in [-0.1, -0.05) is 151 Å². The molecule has 10 heteroatoms. The first kappa shape index (κ1) is 41.7. The number of rotatable bonds is 15. The van der Waals surface area contributed by atoms with Crippen LogP contribution in [0.15, 0.2) is 180 Å². The lowest BCUT2D eigenvalue weighted by atomic mass is 9.94. The van der Waals surface area contributed by atoms with E-state index in [4.69, 9.17) is 0 Å². The molecule has 0 aliphatic heterocycles. The van der Waals surface area contributed by atoms with Crippen molar-refractivity contribution < 1.29 is 25.9 Å². The van der Waals surface area contributed by atoms with Crippen molar-refractivity contribution in [2.45, 2.75) is 48.3 Å². The summed E-state index contributed by atoms with van der Waals surface area (Å²) in [5, 5.41) is 10.0. The fraction of sp³-hybridized carbons (Fsp3) is 0.120. The molecule has 6 nitrogen and oxygen atoms in total. The zero-order valence-corrected chi connectivity index (χ0v) is 36.4. The van der Waals surface area contributed by atoms with Gasteiger partial charge in [0.05, 0.1) is 9.79 Å². The number of benzene rings is 8. The van der Waals surface area contributed by atoms with Crippen molar-refractivity contribution in [3.63, 3.8) is 0 Å². The Labute approximate surface area is 355 Å². The predicted octanol–water partition coefficient (Wildman–Crippen LogP) is 9.76. The van der Waals surface area contributed by atoms with Crippen LogP contribution in [0.25, 0.3) is 32.7 Å². The van der Waals surface area contributed by atoms with E-state index in [1.165, 1.54) is 89.3 Å². The van der Waals surface area contributed by atoms with Crippen molar-refractivity contribution in [3.8, 4) is 11.1 Å². The van der Waals surface area contributed by atoms with Crippen molar-refractivity contribution in [1.29, 1.82) is 0 Å². The Hall–Kier alpha value is -5.04. The summed E-state index contributed by atoms with van der Waals surface area (Å²) in [4.78, 5) is -0.167. The van der Waals surface area contributed by atoms with Gasteiger partial charge < -0.3 is 0 Å². The highest BCUT2D eigenvalue weighted by atomic mass is 32.2. The van der Waals surface area contributed by atoms with Gasteiger partial charge in [-0.2, -0.15) is 16.8 Å². The molecule has 2 N–H and O–H groups in total. The molecular formula is C50H44O6P2S2. The molecule has 0 aliphatic carbocycles. The van der Waals surface area contributed by atoms with Crippen LogP contribution in [0.5, 0.6) is 0 Å². The van der Waals surface area contributed by atoms with Crippen LogP contribution < -0.4 is 21.2 Å². The zero-order valence-electron chi connectivity index (χ0n) is 32.8. The summed E-state index contributed by atoms with van der Waals surface area (Å²) in [5.41, 5.74) is 7.12. The zero-order chi connectivity index (χ0) is 41.7.